The molecule has 0 bridgehead atoms. The molecule has 1 aromatic rings. The monoisotopic (exact) mass is 223 g/mol. The third-order valence-electron chi connectivity index (χ3n) is 2.26. The van der Waals surface area contributed by atoms with Crippen molar-refractivity contribution in [2.24, 2.45) is 0 Å². The Bertz CT molecular complexity index is 394. The van der Waals surface area contributed by atoms with Gasteiger partial charge >= 0.3 is 12.0 Å². The van der Waals surface area contributed by atoms with Crippen LogP contribution in [0.5, 0.6) is 0 Å². The van der Waals surface area contributed by atoms with E-state index in [1.165, 1.54) is 0 Å². The van der Waals surface area contributed by atoms with Gasteiger partial charge in [0.05, 0.1) is 5.92 Å². The van der Waals surface area contributed by atoms with Crippen LogP contribution in [0.1, 0.15) is 18.4 Å². The maximum atomic E-state index is 10.8. The first-order valence-electron chi connectivity index (χ1n) is 4.41. The van der Waals surface area contributed by atoms with Gasteiger partial charge in [-0.15, -0.1) is 0 Å². The summed E-state index contributed by atoms with van der Waals surface area (Å²) < 4.78 is 0. The average Bonchev–Trinajstić information content (AvgIpc) is 2.19. The van der Waals surface area contributed by atoms with Crippen LogP contribution >= 0.6 is 11.6 Å². The zero-order valence-electron chi connectivity index (χ0n) is 8.14. The van der Waals surface area contributed by atoms with Gasteiger partial charge in [-0.05, 0) is 17.7 Å². The van der Waals surface area contributed by atoms with Crippen molar-refractivity contribution >= 4 is 17.6 Å². The van der Waals surface area contributed by atoms with Gasteiger partial charge < -0.3 is 9.95 Å². The molecule has 2 atom stereocenters. The Morgan fingerprint density at radius 3 is 2.40 bits per heavy atom. The number of nitrogens with zero attached hydrogens (tertiary/aromatic N) is 1. The Kier molecular flexibility index (Phi) is 3.70. The van der Waals surface area contributed by atoms with Crippen LogP contribution in [0.25, 0.3) is 4.85 Å². The molecule has 0 aliphatic rings. The van der Waals surface area contributed by atoms with Gasteiger partial charge in [0.15, 0.2) is 0 Å². The van der Waals surface area contributed by atoms with E-state index in [-0.39, 0.29) is 5.92 Å². The van der Waals surface area contributed by atoms with Crippen LogP contribution in [0.15, 0.2) is 24.3 Å². The molecule has 0 spiro atoms. The molecule has 0 fully saturated rings. The van der Waals surface area contributed by atoms with Crippen molar-refractivity contribution in [3.63, 3.8) is 0 Å². The van der Waals surface area contributed by atoms with E-state index in [9.17, 15) is 4.79 Å². The van der Waals surface area contributed by atoms with E-state index >= 15 is 0 Å². The van der Waals surface area contributed by atoms with Gasteiger partial charge in [-0.2, -0.15) is 0 Å². The van der Waals surface area contributed by atoms with Crippen LogP contribution in [0, 0.1) is 6.57 Å². The molecule has 78 valence electrons. The number of hydrogen-bond donors (Lipinski definition) is 1. The zero-order valence-corrected chi connectivity index (χ0v) is 8.90. The predicted molar refractivity (Wildman–Crippen MR) is 57.9 cm³/mol. The second-order valence-electron chi connectivity index (χ2n) is 3.25. The van der Waals surface area contributed by atoms with Gasteiger partial charge in [-0.25, -0.2) is 11.4 Å². The summed E-state index contributed by atoms with van der Waals surface area (Å²) in [5.74, 6) is -1.43. The largest absolute Gasteiger partial charge is 0.475 e. The number of carboxylic acids is 1. The summed E-state index contributed by atoms with van der Waals surface area (Å²) in [6.45, 7) is 8.55. The van der Waals surface area contributed by atoms with Crippen molar-refractivity contribution in [3.05, 3.63) is 46.3 Å². The van der Waals surface area contributed by atoms with Crippen LogP contribution in [-0.2, 0) is 4.79 Å². The van der Waals surface area contributed by atoms with E-state index in [0.717, 1.165) is 5.56 Å². The van der Waals surface area contributed by atoms with E-state index in [2.05, 4.69) is 4.85 Å². The lowest BCUT2D eigenvalue weighted by Crippen LogP contribution is -2.22. The quantitative estimate of drug-likeness (QED) is 0.801. The second-order valence-corrected chi connectivity index (χ2v) is 3.69. The molecule has 0 aromatic heterocycles. The smallest absolute Gasteiger partial charge is 0.388 e. The number of aliphatic carboxylic acids is 1. The third kappa shape index (κ3) is 2.71. The molecule has 0 aliphatic carbocycles. The Morgan fingerprint density at radius 2 is 2.00 bits per heavy atom. The molecule has 1 aromatic carbocycles. The Morgan fingerprint density at radius 1 is 1.47 bits per heavy atom. The van der Waals surface area contributed by atoms with Crippen LogP contribution in [0.4, 0.5) is 0 Å². The highest BCUT2D eigenvalue weighted by Gasteiger charge is 2.31. The maximum Gasteiger partial charge on any atom is 0.388 e. The summed E-state index contributed by atoms with van der Waals surface area (Å²) in [5, 5.41) is 9.42. The van der Waals surface area contributed by atoms with E-state index in [0.29, 0.717) is 5.02 Å². The van der Waals surface area contributed by atoms with Crippen molar-refractivity contribution in [1.82, 2.24) is 0 Å². The Hall–Kier alpha value is -1.53. The van der Waals surface area contributed by atoms with Crippen molar-refractivity contribution in [1.29, 1.82) is 0 Å². The minimum absolute atomic E-state index is 0.336. The maximum absolute atomic E-state index is 10.8. The summed E-state index contributed by atoms with van der Waals surface area (Å²) in [6.07, 6.45) is 0. The lowest BCUT2D eigenvalue weighted by molar-refractivity contribution is -0.137. The minimum Gasteiger partial charge on any atom is -0.475 e. The summed E-state index contributed by atoms with van der Waals surface area (Å²) in [5.41, 5.74) is 0.808. The summed E-state index contributed by atoms with van der Waals surface area (Å²) in [4.78, 5) is 13.9. The van der Waals surface area contributed by atoms with Crippen LogP contribution in [0.3, 0.4) is 0 Å². The van der Waals surface area contributed by atoms with Gasteiger partial charge in [0.1, 0.15) is 0 Å². The number of carboxylic acid groups (broad SMARTS) is 1. The molecule has 3 nitrogen and oxygen atoms in total. The van der Waals surface area contributed by atoms with Crippen molar-refractivity contribution < 1.29 is 9.90 Å². The molecule has 2 unspecified atom stereocenters. The number of carbonyl (C=O) groups is 1. The number of rotatable bonds is 3. The summed E-state index contributed by atoms with van der Waals surface area (Å²) in [7, 11) is 0. The molecule has 0 aliphatic heterocycles. The SMILES string of the molecule is [C-]#[N+]C(C(=O)O)C(C)c1ccc(Cl)cc1. The van der Waals surface area contributed by atoms with Crippen molar-refractivity contribution in [3.8, 4) is 0 Å². The first-order valence-corrected chi connectivity index (χ1v) is 4.79. The lowest BCUT2D eigenvalue weighted by atomic mass is 9.94. The highest BCUT2D eigenvalue weighted by atomic mass is 35.5. The molecule has 0 heterocycles. The average molecular weight is 224 g/mol. The van der Waals surface area contributed by atoms with Crippen molar-refractivity contribution in [2.75, 3.05) is 0 Å². The van der Waals surface area contributed by atoms with Crippen LogP contribution in [-0.4, -0.2) is 17.1 Å². The summed E-state index contributed by atoms with van der Waals surface area (Å²) >= 11 is 5.72. The molecule has 1 rings (SSSR count). The van der Waals surface area contributed by atoms with Crippen LogP contribution < -0.4 is 0 Å². The summed E-state index contributed by atoms with van der Waals surface area (Å²) in [6, 6.07) is 5.83. The van der Waals surface area contributed by atoms with Gasteiger partial charge in [0.2, 0.25) is 0 Å². The molecule has 15 heavy (non-hydrogen) atoms. The fourth-order valence-electron chi connectivity index (χ4n) is 1.33. The van der Waals surface area contributed by atoms with Gasteiger partial charge in [-0.1, -0.05) is 30.7 Å². The molecule has 1 N–H and O–H groups in total. The van der Waals surface area contributed by atoms with E-state index in [4.69, 9.17) is 23.3 Å². The standard InChI is InChI=1S/C11H10ClNO2/c1-7(10(13-2)11(14)15)8-3-5-9(12)6-4-8/h3-7,10H,1H3,(H,14,15). The highest BCUT2D eigenvalue weighted by Crippen LogP contribution is 2.23. The topological polar surface area (TPSA) is 41.7 Å². The number of halogens is 1. The molecular weight excluding hydrogens is 214 g/mol. The van der Waals surface area contributed by atoms with E-state index in [1.54, 1.807) is 31.2 Å². The van der Waals surface area contributed by atoms with Gasteiger partial charge in [0.25, 0.3) is 0 Å². The normalized spacial score (nSPS) is 13.9. The molecule has 4 heteroatoms. The second kappa shape index (κ2) is 4.81. The number of hydrogen-bond acceptors (Lipinski definition) is 1. The van der Waals surface area contributed by atoms with Gasteiger partial charge in [-0.3, -0.25) is 0 Å². The molecule has 0 saturated heterocycles. The third-order valence-corrected chi connectivity index (χ3v) is 2.51. The molecular formula is C11H10ClNO2. The zero-order chi connectivity index (χ0) is 11.4. The highest BCUT2D eigenvalue weighted by molar-refractivity contribution is 6.30. The predicted octanol–water partition coefficient (Wildman–Crippen LogP) is 2.82. The Labute approximate surface area is 93.1 Å². The van der Waals surface area contributed by atoms with E-state index in [1.807, 2.05) is 0 Å². The van der Waals surface area contributed by atoms with Gasteiger partial charge in [0, 0.05) is 5.02 Å². The molecule has 0 saturated carbocycles. The molecule has 0 amide bonds. The first kappa shape index (κ1) is 11.5. The van der Waals surface area contributed by atoms with Crippen molar-refractivity contribution in [2.45, 2.75) is 18.9 Å². The van der Waals surface area contributed by atoms with Crippen LogP contribution in [0.2, 0.25) is 5.02 Å². The minimum atomic E-state index is -1.09. The molecule has 0 radical (unpaired) electrons. The number of benzene rings is 1. The lowest BCUT2D eigenvalue weighted by Gasteiger charge is -2.10. The fraction of sp³-hybridized carbons (Fsp3) is 0.273. The fourth-order valence-corrected chi connectivity index (χ4v) is 1.46. The van der Waals surface area contributed by atoms with E-state index < -0.39 is 12.0 Å². The first-order chi connectivity index (χ1) is 7.06. The Balaban J connectivity index is 2.93.